The van der Waals surface area contributed by atoms with Gasteiger partial charge in [-0.15, -0.1) is 0 Å². The molecule has 1 N–H and O–H groups in total. The molecule has 1 heterocycles. The van der Waals surface area contributed by atoms with Crippen molar-refractivity contribution >= 4 is 33.0 Å². The maximum atomic E-state index is 14.6. The molecule has 0 atom stereocenters. The normalized spacial score (nSPS) is 12.2. The van der Waals surface area contributed by atoms with E-state index in [4.69, 9.17) is 0 Å². The van der Waals surface area contributed by atoms with Crippen LogP contribution < -0.4 is 3.71 Å². The summed E-state index contributed by atoms with van der Waals surface area (Å²) in [4.78, 5) is 0. The van der Waals surface area contributed by atoms with Crippen molar-refractivity contribution in [1.29, 1.82) is 0 Å². The standard InChI is InChI=1S/C7H3F2N2.3C4H9.Sn/c8-4-1-6(9)5-3-10-11-7(5)2-4;3*1-3-4-2;/h1-2H,(H,10,11);3*1,3-4H2,2H3;. The first-order valence-electron chi connectivity index (χ1n) is 9.41. The molecule has 2 aromatic rings. The number of fused-ring (bicyclic) bond motifs is 1. The third-order valence-electron chi connectivity index (χ3n) is 5.13. The van der Waals surface area contributed by atoms with Crippen molar-refractivity contribution < 1.29 is 8.78 Å². The van der Waals surface area contributed by atoms with Crippen LogP contribution in [0.25, 0.3) is 10.9 Å². The van der Waals surface area contributed by atoms with E-state index in [9.17, 15) is 8.78 Å². The fraction of sp³-hybridized carbons (Fsp3) is 0.632. The van der Waals surface area contributed by atoms with Crippen LogP contribution in [0.1, 0.15) is 59.3 Å². The first kappa shape index (κ1) is 19.7. The molecule has 0 amide bonds. The predicted octanol–water partition coefficient (Wildman–Crippen LogP) is 5.90. The van der Waals surface area contributed by atoms with Gasteiger partial charge in [0.2, 0.25) is 0 Å². The van der Waals surface area contributed by atoms with E-state index >= 15 is 0 Å². The van der Waals surface area contributed by atoms with Crippen LogP contribution in [-0.4, -0.2) is 28.6 Å². The van der Waals surface area contributed by atoms with Gasteiger partial charge in [-0.05, 0) is 0 Å². The van der Waals surface area contributed by atoms with Gasteiger partial charge < -0.3 is 0 Å². The molecular formula is C19H30F2N2Sn. The Labute approximate surface area is 148 Å². The Morgan fingerprint density at radius 3 is 1.96 bits per heavy atom. The number of unbranched alkanes of at least 4 members (excludes halogenated alkanes) is 3. The Hall–Kier alpha value is -0.651. The van der Waals surface area contributed by atoms with Gasteiger partial charge in [0, 0.05) is 0 Å². The number of halogens is 2. The molecule has 1 aromatic heterocycles. The monoisotopic (exact) mass is 444 g/mol. The van der Waals surface area contributed by atoms with Gasteiger partial charge in [0.05, 0.1) is 0 Å². The van der Waals surface area contributed by atoms with Crippen molar-refractivity contribution in [2.24, 2.45) is 0 Å². The number of aromatic amines is 1. The number of nitrogens with one attached hydrogen (secondary N) is 1. The molecule has 2 rings (SSSR count). The number of nitrogens with zero attached hydrogens (tertiary/aromatic N) is 1. The second-order valence-electron chi connectivity index (χ2n) is 6.97. The van der Waals surface area contributed by atoms with E-state index in [1.165, 1.54) is 57.9 Å². The van der Waals surface area contributed by atoms with Gasteiger partial charge in [0.15, 0.2) is 0 Å². The Morgan fingerprint density at radius 2 is 1.46 bits per heavy atom. The van der Waals surface area contributed by atoms with Crippen molar-refractivity contribution in [1.82, 2.24) is 10.2 Å². The van der Waals surface area contributed by atoms with Gasteiger partial charge in [-0.1, -0.05) is 0 Å². The first-order chi connectivity index (χ1) is 11.6. The van der Waals surface area contributed by atoms with Crippen molar-refractivity contribution in [3.05, 3.63) is 23.8 Å². The summed E-state index contributed by atoms with van der Waals surface area (Å²) in [5.41, 5.74) is 0.452. The molecule has 5 heteroatoms. The average Bonchev–Trinajstić information content (AvgIpc) is 2.99. The minimum absolute atomic E-state index is 0.445. The van der Waals surface area contributed by atoms with Crippen molar-refractivity contribution in [2.45, 2.75) is 72.6 Å². The van der Waals surface area contributed by atoms with Crippen LogP contribution in [0.15, 0.2) is 12.1 Å². The van der Waals surface area contributed by atoms with E-state index in [1.54, 1.807) is 0 Å². The van der Waals surface area contributed by atoms with Crippen LogP contribution in [0.3, 0.4) is 0 Å². The zero-order valence-electron chi connectivity index (χ0n) is 15.2. The van der Waals surface area contributed by atoms with Gasteiger partial charge in [-0.25, -0.2) is 0 Å². The number of hydrogen-bond donors (Lipinski definition) is 1. The van der Waals surface area contributed by atoms with Crippen LogP contribution in [0.4, 0.5) is 8.78 Å². The summed E-state index contributed by atoms with van der Waals surface area (Å²) >= 11 is -2.79. The number of aromatic nitrogens is 2. The second kappa shape index (κ2) is 9.16. The number of H-pyrrole nitrogens is 1. The van der Waals surface area contributed by atoms with Gasteiger partial charge in [-0.2, -0.15) is 0 Å². The summed E-state index contributed by atoms with van der Waals surface area (Å²) in [7, 11) is 0. The summed E-state index contributed by atoms with van der Waals surface area (Å²) in [6.45, 7) is 6.66. The van der Waals surface area contributed by atoms with Gasteiger partial charge in [-0.3, -0.25) is 0 Å². The second-order valence-corrected chi connectivity index (χ2v) is 20.0. The molecule has 0 saturated carbocycles. The number of benzene rings is 1. The molecule has 0 unspecified atom stereocenters. The van der Waals surface area contributed by atoms with E-state index < -0.39 is 30.0 Å². The molecule has 0 saturated heterocycles. The molecule has 0 aliphatic rings. The molecule has 1 aromatic carbocycles. The third-order valence-corrected chi connectivity index (χ3v) is 20.4. The van der Waals surface area contributed by atoms with E-state index in [0.717, 1.165) is 9.78 Å². The SMILES string of the molecule is CCC[CH2][Sn]([CH2]CCC)([CH2]CCC)[c]1[nH]nc2cc(F)cc(F)c12. The first-order valence-corrected chi connectivity index (χ1v) is 16.9. The van der Waals surface area contributed by atoms with Crippen LogP contribution in [0.2, 0.25) is 13.3 Å². The van der Waals surface area contributed by atoms with Crippen LogP contribution >= 0.6 is 0 Å². The van der Waals surface area contributed by atoms with Crippen molar-refractivity contribution in [3.63, 3.8) is 0 Å². The molecule has 0 spiro atoms. The summed E-state index contributed by atoms with van der Waals surface area (Å²) in [6.07, 6.45) is 7.10. The van der Waals surface area contributed by atoms with Gasteiger partial charge >= 0.3 is 148 Å². The van der Waals surface area contributed by atoms with E-state index in [0.29, 0.717) is 10.9 Å². The summed E-state index contributed by atoms with van der Waals surface area (Å²) in [5, 5.41) is 8.04. The zero-order chi connectivity index (χ0) is 17.6. The maximum absolute atomic E-state index is 14.6. The topological polar surface area (TPSA) is 28.7 Å². The number of hydrogen-bond acceptors (Lipinski definition) is 1. The van der Waals surface area contributed by atoms with Gasteiger partial charge in [0.1, 0.15) is 0 Å². The Kier molecular flexibility index (Phi) is 7.51. The quantitative estimate of drug-likeness (QED) is 0.456. The molecule has 0 aliphatic heterocycles. The summed E-state index contributed by atoms with van der Waals surface area (Å²) in [5.74, 6) is -0.992. The molecular weight excluding hydrogens is 413 g/mol. The Balaban J connectivity index is 2.55. The van der Waals surface area contributed by atoms with Crippen molar-refractivity contribution in [2.75, 3.05) is 0 Å². The number of rotatable bonds is 10. The molecule has 2 nitrogen and oxygen atoms in total. The summed E-state index contributed by atoms with van der Waals surface area (Å²) in [6, 6.07) is 2.37. The van der Waals surface area contributed by atoms with Gasteiger partial charge in [0.25, 0.3) is 0 Å². The molecule has 0 bridgehead atoms. The molecule has 24 heavy (non-hydrogen) atoms. The van der Waals surface area contributed by atoms with E-state index in [-0.39, 0.29) is 0 Å². The van der Waals surface area contributed by atoms with Crippen LogP contribution in [0, 0.1) is 11.6 Å². The van der Waals surface area contributed by atoms with Crippen LogP contribution in [-0.2, 0) is 0 Å². The molecule has 134 valence electrons. The summed E-state index contributed by atoms with van der Waals surface area (Å²) < 4.78 is 32.9. The van der Waals surface area contributed by atoms with E-state index in [1.807, 2.05) is 0 Å². The Bertz CT molecular complexity index is 632. The molecule has 0 aliphatic carbocycles. The average molecular weight is 443 g/mol. The molecule has 0 fully saturated rings. The fourth-order valence-electron chi connectivity index (χ4n) is 3.75. The molecule has 0 radical (unpaired) electrons. The minimum atomic E-state index is -2.79. The Morgan fingerprint density at radius 1 is 0.917 bits per heavy atom. The third kappa shape index (κ3) is 4.30. The van der Waals surface area contributed by atoms with Crippen LogP contribution in [0.5, 0.6) is 0 Å². The fourth-order valence-corrected chi connectivity index (χ4v) is 19.9. The zero-order valence-corrected chi connectivity index (χ0v) is 18.1. The van der Waals surface area contributed by atoms with E-state index in [2.05, 4.69) is 31.0 Å². The predicted molar refractivity (Wildman–Crippen MR) is 101 cm³/mol. The van der Waals surface area contributed by atoms with Crippen molar-refractivity contribution in [3.8, 4) is 0 Å².